The molecule has 4 nitrogen and oxygen atoms in total. The third-order valence-electron chi connectivity index (χ3n) is 4.14. The molecule has 1 heterocycles. The topological polar surface area (TPSA) is 62.5 Å². The van der Waals surface area contributed by atoms with Crippen LogP contribution in [0.15, 0.2) is 42.5 Å². The van der Waals surface area contributed by atoms with Crippen molar-refractivity contribution in [2.45, 2.75) is 19.3 Å². The van der Waals surface area contributed by atoms with E-state index in [1.165, 1.54) is 27.4 Å². The van der Waals surface area contributed by atoms with E-state index < -0.39 is 7.60 Å². The van der Waals surface area contributed by atoms with Gasteiger partial charge >= 0.3 is 7.60 Å². The Balaban J connectivity index is 1.84. The molecule has 3 aromatic rings. The van der Waals surface area contributed by atoms with Crippen molar-refractivity contribution in [3.05, 3.63) is 48.0 Å². The minimum Gasteiger partial charge on any atom is -0.344 e. The number of para-hydroxylation sites is 1. The number of rotatable bonds is 5. The van der Waals surface area contributed by atoms with E-state index in [9.17, 15) is 4.57 Å². The van der Waals surface area contributed by atoms with Gasteiger partial charge in [-0.3, -0.25) is 4.57 Å². The van der Waals surface area contributed by atoms with E-state index in [4.69, 9.17) is 9.79 Å². The normalized spacial score (nSPS) is 12.3. The highest BCUT2D eigenvalue weighted by Crippen LogP contribution is 2.35. The SMILES string of the molecule is Cn1c2ccccc2c2cc(CCCCP(=O)(O)O)ccc21. The van der Waals surface area contributed by atoms with Crippen LogP contribution in [0.25, 0.3) is 21.8 Å². The van der Waals surface area contributed by atoms with Gasteiger partial charge in [0.1, 0.15) is 0 Å². The molecule has 0 bridgehead atoms. The highest BCUT2D eigenvalue weighted by atomic mass is 31.2. The first-order chi connectivity index (χ1) is 10.5. The predicted octanol–water partition coefficient (Wildman–Crippen LogP) is 3.83. The van der Waals surface area contributed by atoms with E-state index in [1.807, 2.05) is 6.07 Å². The minimum absolute atomic E-state index is 0.0243. The summed E-state index contributed by atoms with van der Waals surface area (Å²) in [5, 5.41) is 2.49. The van der Waals surface area contributed by atoms with Crippen LogP contribution in [0.5, 0.6) is 0 Å². The lowest BCUT2D eigenvalue weighted by Crippen LogP contribution is -1.91. The zero-order valence-corrected chi connectivity index (χ0v) is 13.5. The van der Waals surface area contributed by atoms with Crippen molar-refractivity contribution >= 4 is 29.4 Å². The fourth-order valence-electron chi connectivity index (χ4n) is 3.02. The van der Waals surface area contributed by atoms with Gasteiger partial charge in [0.05, 0.1) is 0 Å². The molecule has 2 N–H and O–H groups in total. The number of fused-ring (bicyclic) bond motifs is 3. The molecule has 5 heteroatoms. The van der Waals surface area contributed by atoms with Gasteiger partial charge in [0.15, 0.2) is 0 Å². The zero-order chi connectivity index (χ0) is 15.7. The maximum absolute atomic E-state index is 10.9. The summed E-state index contributed by atoms with van der Waals surface area (Å²) in [6.07, 6.45) is 2.17. The van der Waals surface area contributed by atoms with Crippen molar-refractivity contribution in [1.82, 2.24) is 4.57 Å². The molecule has 0 aliphatic carbocycles. The van der Waals surface area contributed by atoms with Gasteiger partial charge in [-0.2, -0.15) is 0 Å². The molecule has 0 aliphatic rings. The smallest absolute Gasteiger partial charge is 0.325 e. The van der Waals surface area contributed by atoms with Crippen LogP contribution in [0.2, 0.25) is 0 Å². The van der Waals surface area contributed by atoms with Crippen LogP contribution in [-0.2, 0) is 18.0 Å². The molecule has 0 unspecified atom stereocenters. The number of unbranched alkanes of at least 4 members (excludes halogenated alkanes) is 1. The molecular formula is C17H20NO3P. The summed E-state index contributed by atoms with van der Waals surface area (Å²) in [6.45, 7) is 0. The Labute approximate surface area is 129 Å². The Bertz CT molecular complexity index is 863. The predicted molar refractivity (Wildman–Crippen MR) is 90.3 cm³/mol. The average Bonchev–Trinajstić information content (AvgIpc) is 2.76. The van der Waals surface area contributed by atoms with Crippen molar-refractivity contribution in [3.63, 3.8) is 0 Å². The molecule has 0 spiro atoms. The summed E-state index contributed by atoms with van der Waals surface area (Å²) in [5.74, 6) is 0. The summed E-state index contributed by atoms with van der Waals surface area (Å²) in [7, 11) is -1.78. The van der Waals surface area contributed by atoms with Crippen molar-refractivity contribution < 1.29 is 14.4 Å². The third-order valence-corrected chi connectivity index (χ3v) is 5.04. The maximum atomic E-state index is 10.9. The first kappa shape index (κ1) is 15.3. The first-order valence-corrected chi connectivity index (χ1v) is 9.26. The van der Waals surface area contributed by atoms with Gasteiger partial charge in [0.25, 0.3) is 0 Å². The van der Waals surface area contributed by atoms with Gasteiger partial charge in [0.2, 0.25) is 0 Å². The maximum Gasteiger partial charge on any atom is 0.325 e. The lowest BCUT2D eigenvalue weighted by molar-refractivity contribution is 0.371. The van der Waals surface area contributed by atoms with Crippen LogP contribution in [0.1, 0.15) is 18.4 Å². The summed E-state index contributed by atoms with van der Waals surface area (Å²) in [5.41, 5.74) is 3.64. The fourth-order valence-corrected chi connectivity index (χ4v) is 3.65. The van der Waals surface area contributed by atoms with E-state index in [0.29, 0.717) is 6.42 Å². The number of aryl methyl sites for hydroxylation is 2. The Morgan fingerprint density at radius 2 is 1.73 bits per heavy atom. The van der Waals surface area contributed by atoms with Crippen LogP contribution < -0.4 is 0 Å². The number of benzene rings is 2. The van der Waals surface area contributed by atoms with Crippen molar-refractivity contribution in [1.29, 1.82) is 0 Å². The molecule has 3 rings (SSSR count). The van der Waals surface area contributed by atoms with Crippen LogP contribution >= 0.6 is 7.60 Å². The fraction of sp³-hybridized carbons (Fsp3) is 0.294. The molecule has 0 saturated heterocycles. The molecule has 22 heavy (non-hydrogen) atoms. The number of hydrogen-bond donors (Lipinski definition) is 2. The summed E-state index contributed by atoms with van der Waals surface area (Å²) < 4.78 is 13.1. The molecule has 1 aromatic heterocycles. The second-order valence-electron chi connectivity index (χ2n) is 5.77. The molecule has 0 radical (unpaired) electrons. The second kappa shape index (κ2) is 5.88. The Morgan fingerprint density at radius 3 is 2.50 bits per heavy atom. The number of hydrogen-bond acceptors (Lipinski definition) is 1. The van der Waals surface area contributed by atoms with Gasteiger partial charge < -0.3 is 14.4 Å². The van der Waals surface area contributed by atoms with Crippen LogP contribution in [-0.4, -0.2) is 20.5 Å². The molecule has 0 atom stereocenters. The summed E-state index contributed by atoms with van der Waals surface area (Å²) in [6, 6.07) is 14.8. The van der Waals surface area contributed by atoms with Gasteiger partial charge in [-0.05, 0) is 43.0 Å². The van der Waals surface area contributed by atoms with Gasteiger partial charge in [-0.15, -0.1) is 0 Å². The average molecular weight is 317 g/mol. The first-order valence-electron chi connectivity index (χ1n) is 7.46. The Hall–Kier alpha value is -1.61. The van der Waals surface area contributed by atoms with Gasteiger partial charge in [-0.1, -0.05) is 24.3 Å². The number of nitrogens with zero attached hydrogens (tertiary/aromatic N) is 1. The molecule has 0 saturated carbocycles. The van der Waals surface area contributed by atoms with Crippen molar-refractivity contribution in [3.8, 4) is 0 Å². The van der Waals surface area contributed by atoms with Gasteiger partial charge in [0, 0.05) is 35.0 Å². The molecule has 116 valence electrons. The molecule has 0 amide bonds. The number of aromatic nitrogens is 1. The molecule has 2 aromatic carbocycles. The van der Waals surface area contributed by atoms with E-state index in [2.05, 4.69) is 48.0 Å². The Morgan fingerprint density at radius 1 is 1.00 bits per heavy atom. The lowest BCUT2D eigenvalue weighted by atomic mass is 10.0. The van der Waals surface area contributed by atoms with Crippen LogP contribution in [0.3, 0.4) is 0 Å². The second-order valence-corrected chi connectivity index (χ2v) is 7.55. The van der Waals surface area contributed by atoms with Gasteiger partial charge in [-0.25, -0.2) is 0 Å². The highest BCUT2D eigenvalue weighted by Gasteiger charge is 2.12. The molecule has 0 fully saturated rings. The summed E-state index contributed by atoms with van der Waals surface area (Å²) in [4.78, 5) is 17.8. The van der Waals surface area contributed by atoms with E-state index in [1.54, 1.807) is 0 Å². The third kappa shape index (κ3) is 3.09. The summed E-state index contributed by atoms with van der Waals surface area (Å²) >= 11 is 0. The highest BCUT2D eigenvalue weighted by molar-refractivity contribution is 7.51. The largest absolute Gasteiger partial charge is 0.344 e. The zero-order valence-electron chi connectivity index (χ0n) is 12.6. The van der Waals surface area contributed by atoms with Crippen molar-refractivity contribution in [2.24, 2.45) is 7.05 Å². The van der Waals surface area contributed by atoms with Crippen LogP contribution in [0.4, 0.5) is 0 Å². The molecule has 0 aliphatic heterocycles. The standard InChI is InChI=1S/C17H20NO3P/c1-18-16-8-3-2-7-14(16)15-12-13(9-10-17(15)18)6-4-5-11-22(19,20)21/h2-3,7-10,12H,4-6,11H2,1H3,(H2,19,20,21). The lowest BCUT2D eigenvalue weighted by Gasteiger charge is -2.05. The van der Waals surface area contributed by atoms with E-state index in [-0.39, 0.29) is 6.16 Å². The van der Waals surface area contributed by atoms with E-state index >= 15 is 0 Å². The van der Waals surface area contributed by atoms with Crippen LogP contribution in [0, 0.1) is 0 Å². The monoisotopic (exact) mass is 317 g/mol. The van der Waals surface area contributed by atoms with E-state index in [0.717, 1.165) is 12.8 Å². The quantitative estimate of drug-likeness (QED) is 0.555. The molecular weight excluding hydrogens is 297 g/mol. The Kier molecular flexibility index (Phi) is 4.09. The van der Waals surface area contributed by atoms with Crippen molar-refractivity contribution in [2.75, 3.05) is 6.16 Å². The minimum atomic E-state index is -3.86.